The number of carbonyl (C=O) groups excluding carboxylic acids is 6. The maximum atomic E-state index is 14.7. The van der Waals surface area contributed by atoms with Gasteiger partial charge in [-0.3, -0.25) is 19.2 Å². The SMILES string of the molecule is [2H]C([2H])([2H])O[C@H]1CC2CC[C@@H](C)C(O)(O2)C(=O)C(=O)N2CCCC3[C@H](C[C@@H]4CCC(OC(=O)NCCOC5OC(CO)C(O)C(O)C5O)[C@H](OC)C4)C(CC(=O)C(C)=CC(C)[C@@H](O)[C@@H](OC)C(=O)[C@H](C)C[C@H](C)C=CC=CC=C1C)OC(=O)[C@H]32. The van der Waals surface area contributed by atoms with Gasteiger partial charge in [0.25, 0.3) is 11.7 Å². The number of hydrogen-bond acceptors (Lipinski definition) is 20. The Hall–Kier alpha value is -4.30. The van der Waals surface area contributed by atoms with Gasteiger partial charge in [0, 0.05) is 70.9 Å². The van der Waals surface area contributed by atoms with E-state index in [1.807, 2.05) is 13.0 Å². The highest BCUT2D eigenvalue weighted by atomic mass is 16.7. The van der Waals surface area contributed by atoms with Crippen molar-refractivity contribution in [2.24, 2.45) is 41.4 Å². The van der Waals surface area contributed by atoms with E-state index in [0.29, 0.717) is 50.5 Å². The molecule has 5 heterocycles. The standard InChI is InChI=1S/C59H90N2O20/c1-31-14-11-10-12-15-32(2)43(74-7)28-38-19-17-36(6)59(73,81-38)54(69)55(70)61-22-13-16-39-40(44(78-56(71)47(39)61)29-41(63)33(3)25-35(5)49(65)53(76-9)48(64)34(4)24-31)26-37-18-20-42(45(27-37)75-8)80-58(72)60-21-23-77-57-52(68)51(67)50(66)46(30-62)79-57/h10-12,14-15,25,31,34-40,42-47,49-53,57,62,65-68,73H,13,16-24,26-30H2,1-9H3,(H,60,72)/t31-,34-,35?,36-,37+,38?,39?,40+,42?,43+,44?,45-,46?,47+,49-,50?,51?,52?,53+,57?,59?/m1/s1/i7D3. The van der Waals surface area contributed by atoms with Gasteiger partial charge >= 0.3 is 12.1 Å². The first-order valence-electron chi connectivity index (χ1n) is 30.1. The van der Waals surface area contributed by atoms with Gasteiger partial charge in [-0.2, -0.15) is 0 Å². The summed E-state index contributed by atoms with van der Waals surface area (Å²) >= 11 is 0. The van der Waals surface area contributed by atoms with Crippen LogP contribution in [0.4, 0.5) is 4.79 Å². The second-order valence-electron chi connectivity index (χ2n) is 23.3. The summed E-state index contributed by atoms with van der Waals surface area (Å²) < 4.78 is 69.8. The zero-order valence-corrected chi connectivity index (χ0v) is 48.0. The van der Waals surface area contributed by atoms with E-state index in [0.717, 1.165) is 4.90 Å². The van der Waals surface area contributed by atoms with E-state index in [-0.39, 0.29) is 68.6 Å². The van der Waals surface area contributed by atoms with E-state index in [1.54, 1.807) is 65.0 Å². The van der Waals surface area contributed by atoms with Gasteiger partial charge in [-0.25, -0.2) is 9.59 Å². The summed E-state index contributed by atoms with van der Waals surface area (Å²) in [5.74, 6) is -10.4. The molecule has 81 heavy (non-hydrogen) atoms. The molecule has 1 aliphatic carbocycles. The number of aliphatic hydroxyl groups is 6. The van der Waals surface area contributed by atoms with Gasteiger partial charge in [0.05, 0.1) is 41.7 Å². The molecule has 21 atom stereocenters. The Morgan fingerprint density at radius 3 is 2.33 bits per heavy atom. The molecule has 22 heteroatoms. The summed E-state index contributed by atoms with van der Waals surface area (Å²) in [6.45, 7) is 9.16. The lowest BCUT2D eigenvalue weighted by Gasteiger charge is -2.50. The highest BCUT2D eigenvalue weighted by Crippen LogP contribution is 2.46. The number of amides is 2. The number of hydrogen-bond donors (Lipinski definition) is 7. The Bertz CT molecular complexity index is 2400. The minimum absolute atomic E-state index is 0.0485. The summed E-state index contributed by atoms with van der Waals surface area (Å²) in [6, 6.07) is -1.30. The molecule has 1 saturated carbocycles. The van der Waals surface area contributed by atoms with Crippen molar-refractivity contribution in [3.63, 3.8) is 0 Å². The highest BCUT2D eigenvalue weighted by molar-refractivity contribution is 6.39. The summed E-state index contributed by atoms with van der Waals surface area (Å²) in [4.78, 5) is 86.3. The monoisotopic (exact) mass is 1150 g/mol. The van der Waals surface area contributed by atoms with Crippen molar-refractivity contribution >= 4 is 35.3 Å². The number of ketones is 3. The third-order valence-corrected chi connectivity index (χ3v) is 17.5. The van der Waals surface area contributed by atoms with Crippen LogP contribution in [0.15, 0.2) is 47.6 Å². The number of Topliss-reactive ketones (excluding diaryl/α,β-unsaturated/α-hetero) is 3. The molecular formula is C59H90N2O20. The first kappa shape index (κ1) is 61.3. The summed E-state index contributed by atoms with van der Waals surface area (Å²) in [5.41, 5.74) is 0.731. The number of fused-ring (bicyclic) bond motifs is 4. The van der Waals surface area contributed by atoms with Crippen molar-refractivity contribution in [2.75, 3.05) is 47.6 Å². The second-order valence-corrected chi connectivity index (χ2v) is 23.3. The molecule has 11 unspecified atom stereocenters. The number of nitrogens with one attached hydrogen (secondary N) is 1. The van der Waals surface area contributed by atoms with Gasteiger partial charge in [0.15, 0.2) is 17.9 Å². The zero-order chi connectivity index (χ0) is 62.0. The predicted octanol–water partition coefficient (Wildman–Crippen LogP) is 2.95. The van der Waals surface area contributed by atoms with Crippen LogP contribution in [0.25, 0.3) is 0 Å². The molecule has 7 N–H and O–H groups in total. The molecule has 456 valence electrons. The average molecular weight is 1150 g/mol. The summed E-state index contributed by atoms with van der Waals surface area (Å²) in [5, 5.41) is 66.3. The van der Waals surface area contributed by atoms with Gasteiger partial charge < -0.3 is 78.8 Å². The number of piperidine rings is 1. The van der Waals surface area contributed by atoms with E-state index in [2.05, 4.69) is 5.32 Å². The molecule has 2 amide bonds. The van der Waals surface area contributed by atoms with Crippen LogP contribution in [-0.4, -0.2) is 204 Å². The lowest BCUT2D eigenvalue weighted by Crippen LogP contribution is -2.65. The molecule has 4 saturated heterocycles. The van der Waals surface area contributed by atoms with Gasteiger partial charge in [-0.05, 0) is 101 Å². The average Bonchev–Trinajstić information content (AvgIpc) is 1.35. The third-order valence-electron chi connectivity index (χ3n) is 17.5. The van der Waals surface area contributed by atoms with Crippen LogP contribution in [0.5, 0.6) is 0 Å². The Morgan fingerprint density at radius 2 is 1.63 bits per heavy atom. The smallest absolute Gasteiger partial charge is 0.407 e. The Labute approximate surface area is 479 Å². The maximum Gasteiger partial charge on any atom is 0.407 e. The number of allylic oxidation sites excluding steroid dienone is 6. The summed E-state index contributed by atoms with van der Waals surface area (Å²) in [6.07, 6.45) is -2.07. The first-order valence-corrected chi connectivity index (χ1v) is 28.6. The van der Waals surface area contributed by atoms with Gasteiger partial charge in [0.1, 0.15) is 48.8 Å². The Kier molecular flexibility index (Phi) is 22.7. The Morgan fingerprint density at radius 1 is 0.877 bits per heavy atom. The van der Waals surface area contributed by atoms with Crippen LogP contribution in [0.1, 0.15) is 116 Å². The number of esters is 1. The molecule has 0 aromatic carbocycles. The lowest BCUT2D eigenvalue weighted by molar-refractivity contribution is -0.300. The third kappa shape index (κ3) is 16.1. The predicted molar refractivity (Wildman–Crippen MR) is 290 cm³/mol. The number of methoxy groups -OCH3 is 3. The zero-order valence-electron chi connectivity index (χ0n) is 51.0. The molecular weight excluding hydrogens is 1060 g/mol. The van der Waals surface area contributed by atoms with E-state index in [1.165, 1.54) is 14.2 Å². The van der Waals surface area contributed by atoms with Crippen LogP contribution in [0, 0.1) is 41.4 Å². The van der Waals surface area contributed by atoms with Crippen LogP contribution >= 0.6 is 0 Å². The summed E-state index contributed by atoms with van der Waals surface area (Å²) in [7, 11) is -0.0342. The van der Waals surface area contributed by atoms with E-state index in [4.69, 9.17) is 42.0 Å². The van der Waals surface area contributed by atoms with Gasteiger partial charge in [0.2, 0.25) is 5.79 Å². The molecule has 0 aromatic heterocycles. The topological polar surface area (TPSA) is 313 Å². The van der Waals surface area contributed by atoms with Crippen molar-refractivity contribution < 1.29 is 101 Å². The first-order chi connectivity index (χ1) is 39.6. The number of aliphatic hydroxyl groups excluding tert-OH is 5. The quantitative estimate of drug-likeness (QED) is 0.0889. The van der Waals surface area contributed by atoms with E-state index < -0.39 is 158 Å². The molecule has 0 aromatic rings. The molecule has 6 rings (SSSR count). The largest absolute Gasteiger partial charge is 0.460 e. The van der Waals surface area contributed by atoms with Crippen molar-refractivity contribution in [1.29, 1.82) is 0 Å². The van der Waals surface area contributed by atoms with Crippen LogP contribution < -0.4 is 5.32 Å². The lowest BCUT2D eigenvalue weighted by atomic mass is 9.68. The van der Waals surface area contributed by atoms with Crippen molar-refractivity contribution in [3.05, 3.63) is 47.6 Å². The van der Waals surface area contributed by atoms with Crippen LogP contribution in [-0.2, 0) is 61.9 Å². The fourth-order valence-electron chi connectivity index (χ4n) is 12.6. The molecule has 5 fully saturated rings. The minimum atomic E-state index is -2.84. The molecule has 0 spiro atoms. The van der Waals surface area contributed by atoms with Crippen molar-refractivity contribution in [2.45, 2.75) is 197 Å². The van der Waals surface area contributed by atoms with Gasteiger partial charge in [-0.1, -0.05) is 64.2 Å². The molecule has 5 aliphatic heterocycles. The maximum absolute atomic E-state index is 14.7. The number of rotatable bonds is 11. The fraction of sp³-hybridized carbons (Fsp3) is 0.763. The van der Waals surface area contributed by atoms with Crippen molar-refractivity contribution in [3.8, 4) is 0 Å². The van der Waals surface area contributed by atoms with E-state index >= 15 is 0 Å². The Balaban J connectivity index is 1.26. The second kappa shape index (κ2) is 30.0. The molecule has 4 bridgehead atoms. The van der Waals surface area contributed by atoms with Gasteiger partial charge in [-0.15, -0.1) is 0 Å². The van der Waals surface area contributed by atoms with Crippen LogP contribution in [0.2, 0.25) is 0 Å². The number of carbonyl (C=O) groups is 6. The molecule has 0 radical (unpaired) electrons. The van der Waals surface area contributed by atoms with E-state index in [9.17, 15) is 59.4 Å². The number of ether oxygens (including phenoxy) is 8. The normalized spacial score (nSPS) is 40.8. The van der Waals surface area contributed by atoms with Crippen LogP contribution in [0.3, 0.4) is 0 Å². The van der Waals surface area contributed by atoms with Crippen molar-refractivity contribution in [1.82, 2.24) is 10.2 Å². The molecule has 22 nitrogen and oxygen atoms in total. The highest BCUT2D eigenvalue weighted by Gasteiger charge is 2.57. The fourth-order valence-corrected chi connectivity index (χ4v) is 12.6. The number of nitrogens with zero attached hydrogens (tertiary/aromatic N) is 1. The molecule has 6 aliphatic rings. The minimum Gasteiger partial charge on any atom is -0.460 e. The number of alkyl carbamates (subject to hydrolysis) is 1.